The molecule has 1 aromatic carbocycles. The molecule has 0 spiro atoms. The fraction of sp³-hybridized carbons (Fsp3) is 0.316. The highest BCUT2D eigenvalue weighted by Crippen LogP contribution is 2.21. The van der Waals surface area contributed by atoms with Crippen molar-refractivity contribution in [2.45, 2.75) is 32.6 Å². The van der Waals surface area contributed by atoms with Crippen LogP contribution in [0.5, 0.6) is 0 Å². The van der Waals surface area contributed by atoms with Crippen LogP contribution >= 0.6 is 0 Å². The van der Waals surface area contributed by atoms with Gasteiger partial charge in [0, 0.05) is 12.2 Å². The van der Waals surface area contributed by atoms with Crippen LogP contribution in [0.15, 0.2) is 53.1 Å². The molecule has 7 heteroatoms. The smallest absolute Gasteiger partial charge is 0.215 e. The van der Waals surface area contributed by atoms with Crippen molar-refractivity contribution in [2.24, 2.45) is 0 Å². The molecule has 0 saturated carbocycles. The molecule has 1 unspecified atom stereocenters. The molecule has 0 aliphatic heterocycles. The molecule has 6 nitrogen and oxygen atoms in total. The van der Waals surface area contributed by atoms with Gasteiger partial charge < -0.3 is 4.42 Å². The van der Waals surface area contributed by atoms with Gasteiger partial charge in [-0.3, -0.25) is 4.68 Å². The van der Waals surface area contributed by atoms with E-state index >= 15 is 0 Å². The van der Waals surface area contributed by atoms with E-state index < -0.39 is 10.0 Å². The van der Waals surface area contributed by atoms with Gasteiger partial charge in [0.1, 0.15) is 11.8 Å². The Kier molecular flexibility index (Phi) is 5.29. The summed E-state index contributed by atoms with van der Waals surface area (Å²) in [6, 6.07) is 12.7. The Hall–Kier alpha value is -2.38. The number of benzene rings is 1. The lowest BCUT2D eigenvalue weighted by molar-refractivity contribution is 0.396. The predicted molar refractivity (Wildman–Crippen MR) is 100 cm³/mol. The molecule has 0 bridgehead atoms. The molecule has 3 rings (SSSR count). The molecule has 1 atom stereocenters. The van der Waals surface area contributed by atoms with Gasteiger partial charge in [0.2, 0.25) is 10.0 Å². The molecule has 2 heterocycles. The Balaban J connectivity index is 1.78. The number of rotatable bonds is 7. The molecule has 0 fully saturated rings. The third-order valence-corrected chi connectivity index (χ3v) is 5.47. The Labute approximate surface area is 153 Å². The SMILES string of the molecule is Cc1cccc(CS(=O)(=O)NCC(c2ccco2)n2nc(C)cc2C)c1. The highest BCUT2D eigenvalue weighted by atomic mass is 32.2. The summed E-state index contributed by atoms with van der Waals surface area (Å²) in [7, 11) is -3.48. The van der Waals surface area contributed by atoms with Crippen LogP contribution in [-0.4, -0.2) is 24.7 Å². The van der Waals surface area contributed by atoms with Crippen molar-refractivity contribution in [3.05, 3.63) is 77.0 Å². The number of sulfonamides is 1. The average Bonchev–Trinajstić information content (AvgIpc) is 3.18. The van der Waals surface area contributed by atoms with Crippen LogP contribution < -0.4 is 4.72 Å². The van der Waals surface area contributed by atoms with E-state index in [9.17, 15) is 8.42 Å². The van der Waals surface area contributed by atoms with Crippen LogP contribution in [0.1, 0.15) is 34.3 Å². The molecule has 0 radical (unpaired) electrons. The standard InChI is InChI=1S/C19H23N3O3S/c1-14-6-4-7-17(10-14)13-26(23,24)20-12-18(19-8-5-9-25-19)22-16(3)11-15(2)21-22/h4-11,18,20H,12-13H2,1-3H3. The number of aryl methyl sites for hydroxylation is 3. The van der Waals surface area contributed by atoms with E-state index in [1.165, 1.54) is 0 Å². The summed E-state index contributed by atoms with van der Waals surface area (Å²) in [4.78, 5) is 0. The minimum Gasteiger partial charge on any atom is -0.467 e. The van der Waals surface area contributed by atoms with Gasteiger partial charge in [-0.2, -0.15) is 5.10 Å². The van der Waals surface area contributed by atoms with Gasteiger partial charge in [-0.1, -0.05) is 29.8 Å². The number of hydrogen-bond donors (Lipinski definition) is 1. The summed E-state index contributed by atoms with van der Waals surface area (Å²) in [5.41, 5.74) is 3.62. The zero-order valence-corrected chi connectivity index (χ0v) is 16.0. The molecular weight excluding hydrogens is 350 g/mol. The average molecular weight is 373 g/mol. The highest BCUT2D eigenvalue weighted by molar-refractivity contribution is 7.88. The zero-order valence-electron chi connectivity index (χ0n) is 15.1. The second-order valence-corrected chi connectivity index (χ2v) is 8.31. The lowest BCUT2D eigenvalue weighted by atomic mass is 10.2. The van der Waals surface area contributed by atoms with Crippen molar-refractivity contribution in [1.29, 1.82) is 0 Å². The first-order valence-corrected chi connectivity index (χ1v) is 10.1. The molecule has 0 amide bonds. The maximum Gasteiger partial charge on any atom is 0.215 e. The van der Waals surface area contributed by atoms with Crippen LogP contribution in [0, 0.1) is 20.8 Å². The van der Waals surface area contributed by atoms with Gasteiger partial charge in [0.15, 0.2) is 0 Å². The van der Waals surface area contributed by atoms with Gasteiger partial charge in [0.25, 0.3) is 0 Å². The van der Waals surface area contributed by atoms with Crippen molar-refractivity contribution >= 4 is 10.0 Å². The fourth-order valence-electron chi connectivity index (χ4n) is 3.03. The molecular formula is C19H23N3O3S. The first-order chi connectivity index (χ1) is 12.3. The normalized spacial score (nSPS) is 13.0. The number of aromatic nitrogens is 2. The van der Waals surface area contributed by atoms with E-state index in [0.717, 1.165) is 22.5 Å². The van der Waals surface area contributed by atoms with E-state index in [2.05, 4.69) is 9.82 Å². The third kappa shape index (κ3) is 4.42. The van der Waals surface area contributed by atoms with Crippen LogP contribution in [-0.2, 0) is 15.8 Å². The van der Waals surface area contributed by atoms with Crippen LogP contribution in [0.25, 0.3) is 0 Å². The van der Waals surface area contributed by atoms with Gasteiger partial charge in [0.05, 0.1) is 17.7 Å². The maximum atomic E-state index is 12.5. The zero-order chi connectivity index (χ0) is 18.7. The van der Waals surface area contributed by atoms with Crippen LogP contribution in [0.3, 0.4) is 0 Å². The van der Waals surface area contributed by atoms with Crippen molar-refractivity contribution in [3.63, 3.8) is 0 Å². The summed E-state index contributed by atoms with van der Waals surface area (Å²) >= 11 is 0. The van der Waals surface area contributed by atoms with Crippen molar-refractivity contribution in [1.82, 2.24) is 14.5 Å². The van der Waals surface area contributed by atoms with Gasteiger partial charge >= 0.3 is 0 Å². The Morgan fingerprint density at radius 2 is 1.96 bits per heavy atom. The fourth-order valence-corrected chi connectivity index (χ4v) is 4.16. The number of nitrogens with one attached hydrogen (secondary N) is 1. The molecule has 0 aliphatic rings. The maximum absolute atomic E-state index is 12.5. The molecule has 1 N–H and O–H groups in total. The predicted octanol–water partition coefficient (Wildman–Crippen LogP) is 3.11. The molecule has 26 heavy (non-hydrogen) atoms. The van der Waals surface area contributed by atoms with Crippen molar-refractivity contribution < 1.29 is 12.8 Å². The van der Waals surface area contributed by atoms with Gasteiger partial charge in [-0.05, 0) is 44.5 Å². The molecule has 2 aromatic heterocycles. The Morgan fingerprint density at radius 3 is 2.58 bits per heavy atom. The van der Waals surface area contributed by atoms with E-state index in [1.54, 1.807) is 17.0 Å². The number of hydrogen-bond acceptors (Lipinski definition) is 4. The van der Waals surface area contributed by atoms with Crippen molar-refractivity contribution in [2.75, 3.05) is 6.54 Å². The van der Waals surface area contributed by atoms with Crippen molar-refractivity contribution in [3.8, 4) is 0 Å². The lowest BCUT2D eigenvalue weighted by Crippen LogP contribution is -2.33. The second-order valence-electron chi connectivity index (χ2n) is 6.50. The molecule has 3 aromatic rings. The number of nitrogens with zero attached hydrogens (tertiary/aromatic N) is 2. The Morgan fingerprint density at radius 1 is 1.15 bits per heavy atom. The van der Waals surface area contributed by atoms with E-state index in [1.807, 2.05) is 57.2 Å². The largest absolute Gasteiger partial charge is 0.467 e. The first kappa shape index (κ1) is 18.4. The summed E-state index contributed by atoms with van der Waals surface area (Å²) in [5, 5.41) is 4.48. The Bertz CT molecular complexity index is 975. The molecule has 0 saturated heterocycles. The summed E-state index contributed by atoms with van der Waals surface area (Å²) in [6.07, 6.45) is 1.58. The van der Waals surface area contributed by atoms with Crippen LogP contribution in [0.4, 0.5) is 0 Å². The quantitative estimate of drug-likeness (QED) is 0.690. The summed E-state index contributed by atoms with van der Waals surface area (Å²) in [5.74, 6) is 0.603. The van der Waals surface area contributed by atoms with Gasteiger partial charge in [-0.25, -0.2) is 13.1 Å². The lowest BCUT2D eigenvalue weighted by Gasteiger charge is -2.18. The summed E-state index contributed by atoms with van der Waals surface area (Å²) < 4.78 is 35.1. The van der Waals surface area contributed by atoms with E-state index in [0.29, 0.717) is 5.76 Å². The minimum absolute atomic E-state index is 0.0589. The molecule has 138 valence electrons. The van der Waals surface area contributed by atoms with Crippen LogP contribution in [0.2, 0.25) is 0 Å². The molecule has 0 aliphatic carbocycles. The van der Waals surface area contributed by atoms with Gasteiger partial charge in [-0.15, -0.1) is 0 Å². The monoisotopic (exact) mass is 373 g/mol. The topological polar surface area (TPSA) is 77.1 Å². The second kappa shape index (κ2) is 7.47. The minimum atomic E-state index is -3.48. The van der Waals surface area contributed by atoms with E-state index in [4.69, 9.17) is 4.42 Å². The first-order valence-electron chi connectivity index (χ1n) is 8.43. The van der Waals surface area contributed by atoms with E-state index in [-0.39, 0.29) is 18.3 Å². The highest BCUT2D eigenvalue weighted by Gasteiger charge is 2.22. The third-order valence-electron chi connectivity index (χ3n) is 4.15. The number of furan rings is 1. The summed E-state index contributed by atoms with van der Waals surface area (Å²) in [6.45, 7) is 5.96.